The summed E-state index contributed by atoms with van der Waals surface area (Å²) in [6.07, 6.45) is 3.27. The average Bonchev–Trinajstić information content (AvgIpc) is 3.28. The summed E-state index contributed by atoms with van der Waals surface area (Å²) in [5.74, 6) is 0.607. The van der Waals surface area contributed by atoms with Crippen LogP contribution in [0, 0.1) is 5.92 Å². The van der Waals surface area contributed by atoms with Crippen LogP contribution in [0.4, 0.5) is 0 Å². The van der Waals surface area contributed by atoms with Crippen molar-refractivity contribution in [3.63, 3.8) is 0 Å². The van der Waals surface area contributed by atoms with E-state index >= 15 is 0 Å². The molecule has 1 aromatic carbocycles. The van der Waals surface area contributed by atoms with Gasteiger partial charge in [-0.3, -0.25) is 9.59 Å². The average molecular weight is 346 g/mol. The maximum absolute atomic E-state index is 12.3. The molecule has 3 rings (SSSR count). The van der Waals surface area contributed by atoms with Crippen LogP contribution in [0.25, 0.3) is 0 Å². The van der Waals surface area contributed by atoms with Crippen molar-refractivity contribution in [2.24, 2.45) is 5.92 Å². The van der Waals surface area contributed by atoms with Crippen LogP contribution in [0.15, 0.2) is 24.3 Å². The number of amides is 2. The Morgan fingerprint density at radius 1 is 1.36 bits per heavy atom. The van der Waals surface area contributed by atoms with Crippen molar-refractivity contribution in [1.29, 1.82) is 0 Å². The van der Waals surface area contributed by atoms with Crippen molar-refractivity contribution in [3.8, 4) is 5.75 Å². The van der Waals surface area contributed by atoms with Gasteiger partial charge in [0.1, 0.15) is 5.75 Å². The lowest BCUT2D eigenvalue weighted by Gasteiger charge is -2.17. The maximum Gasteiger partial charge on any atom is 0.225 e. The Labute approximate surface area is 148 Å². The first kappa shape index (κ1) is 17.7. The Kier molecular flexibility index (Phi) is 5.91. The van der Waals surface area contributed by atoms with E-state index in [0.717, 1.165) is 37.2 Å². The third-order valence-corrected chi connectivity index (χ3v) is 4.94. The highest BCUT2D eigenvalue weighted by molar-refractivity contribution is 5.89. The van der Waals surface area contributed by atoms with Gasteiger partial charge in [-0.15, -0.1) is 0 Å². The molecule has 0 aliphatic carbocycles. The van der Waals surface area contributed by atoms with E-state index in [0.29, 0.717) is 26.1 Å². The van der Waals surface area contributed by atoms with Gasteiger partial charge in [0.15, 0.2) is 0 Å². The summed E-state index contributed by atoms with van der Waals surface area (Å²) in [6.45, 7) is 2.48. The zero-order valence-corrected chi connectivity index (χ0v) is 14.7. The molecule has 6 nitrogen and oxygen atoms in total. The molecule has 0 aromatic heterocycles. The molecule has 2 heterocycles. The number of nitrogens with one attached hydrogen (secondary N) is 1. The molecule has 2 amide bonds. The molecule has 136 valence electrons. The number of nitrogens with zero attached hydrogens (tertiary/aromatic N) is 1. The normalized spacial score (nSPS) is 23.1. The van der Waals surface area contributed by atoms with Crippen LogP contribution in [0.1, 0.15) is 24.8 Å². The quantitative estimate of drug-likeness (QED) is 0.810. The van der Waals surface area contributed by atoms with E-state index in [-0.39, 0.29) is 23.8 Å². The Morgan fingerprint density at radius 3 is 2.84 bits per heavy atom. The predicted octanol–water partition coefficient (Wildman–Crippen LogP) is 1.38. The molecule has 0 spiro atoms. The van der Waals surface area contributed by atoms with Gasteiger partial charge in [0, 0.05) is 32.7 Å². The van der Waals surface area contributed by atoms with Crippen LogP contribution >= 0.6 is 0 Å². The molecule has 0 bridgehead atoms. The number of carbonyl (C=O) groups is 2. The largest absolute Gasteiger partial charge is 0.497 e. The van der Waals surface area contributed by atoms with E-state index < -0.39 is 0 Å². The Balaban J connectivity index is 1.43. The van der Waals surface area contributed by atoms with Crippen molar-refractivity contribution in [3.05, 3.63) is 29.8 Å². The molecule has 1 N–H and O–H groups in total. The van der Waals surface area contributed by atoms with Crippen LogP contribution in [-0.4, -0.2) is 56.2 Å². The van der Waals surface area contributed by atoms with E-state index in [2.05, 4.69) is 5.32 Å². The summed E-state index contributed by atoms with van der Waals surface area (Å²) >= 11 is 0. The standard InChI is InChI=1S/C19H26N2O4/c1-24-16-6-4-14(5-7-16)8-9-21-13-15(11-18(21)22)19(23)20-12-17-3-2-10-25-17/h4-7,15,17H,2-3,8-13H2,1H3,(H,20,23). The molecule has 2 aliphatic heterocycles. The molecule has 2 atom stereocenters. The number of carbonyl (C=O) groups excluding carboxylic acids is 2. The first-order chi connectivity index (χ1) is 12.2. The van der Waals surface area contributed by atoms with E-state index in [4.69, 9.17) is 9.47 Å². The number of hydrogen-bond donors (Lipinski definition) is 1. The molecule has 25 heavy (non-hydrogen) atoms. The molecule has 2 fully saturated rings. The van der Waals surface area contributed by atoms with E-state index in [9.17, 15) is 9.59 Å². The predicted molar refractivity (Wildman–Crippen MR) is 93.4 cm³/mol. The van der Waals surface area contributed by atoms with Gasteiger partial charge in [-0.25, -0.2) is 0 Å². The second-order valence-corrected chi connectivity index (χ2v) is 6.72. The fourth-order valence-electron chi connectivity index (χ4n) is 3.38. The molecular formula is C19H26N2O4. The van der Waals surface area contributed by atoms with Crippen LogP contribution in [-0.2, 0) is 20.7 Å². The fraction of sp³-hybridized carbons (Fsp3) is 0.579. The Bertz CT molecular complexity index is 596. The molecule has 6 heteroatoms. The fourth-order valence-corrected chi connectivity index (χ4v) is 3.38. The van der Waals surface area contributed by atoms with E-state index in [1.807, 2.05) is 24.3 Å². The van der Waals surface area contributed by atoms with Gasteiger partial charge in [0.05, 0.1) is 19.1 Å². The highest BCUT2D eigenvalue weighted by atomic mass is 16.5. The van der Waals surface area contributed by atoms with Gasteiger partial charge in [0.25, 0.3) is 0 Å². The zero-order chi connectivity index (χ0) is 17.6. The Morgan fingerprint density at radius 2 is 2.16 bits per heavy atom. The van der Waals surface area contributed by atoms with Crippen molar-refractivity contribution >= 4 is 11.8 Å². The van der Waals surface area contributed by atoms with Crippen LogP contribution in [0.5, 0.6) is 5.75 Å². The molecule has 2 saturated heterocycles. The van der Waals surface area contributed by atoms with Gasteiger partial charge >= 0.3 is 0 Å². The van der Waals surface area contributed by atoms with Gasteiger partial charge in [-0.05, 0) is 37.0 Å². The summed E-state index contributed by atoms with van der Waals surface area (Å²) in [7, 11) is 1.64. The van der Waals surface area contributed by atoms with E-state index in [1.54, 1.807) is 12.0 Å². The van der Waals surface area contributed by atoms with Gasteiger partial charge < -0.3 is 19.7 Å². The number of benzene rings is 1. The van der Waals surface area contributed by atoms with Crippen molar-refractivity contribution in [2.45, 2.75) is 31.8 Å². The molecule has 1 aromatic rings. The number of methoxy groups -OCH3 is 1. The Hall–Kier alpha value is -2.08. The SMILES string of the molecule is COc1ccc(CCN2CC(C(=O)NCC3CCCO3)CC2=O)cc1. The van der Waals surface area contributed by atoms with Crippen LogP contribution < -0.4 is 10.1 Å². The summed E-state index contributed by atoms with van der Waals surface area (Å²) < 4.78 is 10.7. The van der Waals surface area contributed by atoms with Gasteiger partial charge in [-0.1, -0.05) is 12.1 Å². The van der Waals surface area contributed by atoms with Crippen molar-refractivity contribution in [2.75, 3.05) is 33.4 Å². The van der Waals surface area contributed by atoms with Crippen LogP contribution in [0.2, 0.25) is 0 Å². The second-order valence-electron chi connectivity index (χ2n) is 6.72. The van der Waals surface area contributed by atoms with E-state index in [1.165, 1.54) is 0 Å². The third-order valence-electron chi connectivity index (χ3n) is 4.94. The summed E-state index contributed by atoms with van der Waals surface area (Å²) in [6, 6.07) is 7.85. The first-order valence-electron chi connectivity index (χ1n) is 8.95. The number of hydrogen-bond acceptors (Lipinski definition) is 4. The lowest BCUT2D eigenvalue weighted by atomic mass is 10.1. The minimum atomic E-state index is -0.246. The number of ether oxygens (including phenoxy) is 2. The zero-order valence-electron chi connectivity index (χ0n) is 14.7. The van der Waals surface area contributed by atoms with Crippen molar-refractivity contribution in [1.82, 2.24) is 10.2 Å². The topological polar surface area (TPSA) is 67.9 Å². The third kappa shape index (κ3) is 4.72. The molecule has 2 unspecified atom stereocenters. The molecular weight excluding hydrogens is 320 g/mol. The molecule has 2 aliphatic rings. The number of rotatable bonds is 7. The first-order valence-corrected chi connectivity index (χ1v) is 8.95. The minimum Gasteiger partial charge on any atom is -0.497 e. The minimum absolute atomic E-state index is 0.0317. The second kappa shape index (κ2) is 8.34. The molecule has 0 saturated carbocycles. The summed E-state index contributed by atoms with van der Waals surface area (Å²) in [5.41, 5.74) is 1.15. The van der Waals surface area contributed by atoms with Crippen LogP contribution in [0.3, 0.4) is 0 Å². The highest BCUT2D eigenvalue weighted by Gasteiger charge is 2.34. The smallest absolute Gasteiger partial charge is 0.225 e. The van der Waals surface area contributed by atoms with Gasteiger partial charge in [0.2, 0.25) is 11.8 Å². The highest BCUT2D eigenvalue weighted by Crippen LogP contribution is 2.19. The lowest BCUT2D eigenvalue weighted by Crippen LogP contribution is -2.37. The maximum atomic E-state index is 12.3. The van der Waals surface area contributed by atoms with Crippen molar-refractivity contribution < 1.29 is 19.1 Å². The number of likely N-dealkylation sites (tertiary alicyclic amines) is 1. The summed E-state index contributed by atoms with van der Waals surface area (Å²) in [5, 5.41) is 2.94. The monoisotopic (exact) mass is 346 g/mol. The molecule has 0 radical (unpaired) electrons. The lowest BCUT2D eigenvalue weighted by molar-refractivity contribution is -0.129. The van der Waals surface area contributed by atoms with Gasteiger partial charge in [-0.2, -0.15) is 0 Å². The summed E-state index contributed by atoms with van der Waals surface area (Å²) in [4.78, 5) is 26.2.